The van der Waals surface area contributed by atoms with Crippen molar-refractivity contribution in [2.45, 2.75) is 6.42 Å². The molecule has 90 valence electrons. The van der Waals surface area contributed by atoms with Crippen molar-refractivity contribution < 1.29 is 9.18 Å². The number of anilines is 1. The second kappa shape index (κ2) is 6.86. The van der Waals surface area contributed by atoms with Gasteiger partial charge in [0.1, 0.15) is 5.82 Å². The largest absolute Gasteiger partial charge is 0.375 e. The fourth-order valence-corrected chi connectivity index (χ4v) is 1.52. The normalized spacial score (nSPS) is 9.47. The molecule has 0 bridgehead atoms. The second-order valence-electron chi connectivity index (χ2n) is 3.24. The summed E-state index contributed by atoms with van der Waals surface area (Å²) in [5.74, 6) is -0.614. The van der Waals surface area contributed by atoms with Gasteiger partial charge in [0.05, 0.1) is 24.7 Å². The molecule has 2 N–H and O–H groups in total. The van der Waals surface area contributed by atoms with E-state index in [0.29, 0.717) is 16.7 Å². The number of hydrogen-bond donors (Lipinski definition) is 2. The van der Waals surface area contributed by atoms with Gasteiger partial charge in [-0.05, 0) is 34.1 Å². The van der Waals surface area contributed by atoms with Gasteiger partial charge in [-0.25, -0.2) is 4.39 Å². The summed E-state index contributed by atoms with van der Waals surface area (Å²) in [6, 6.07) is 6.10. The zero-order valence-corrected chi connectivity index (χ0v) is 10.6. The van der Waals surface area contributed by atoms with Crippen molar-refractivity contribution in [3.63, 3.8) is 0 Å². The van der Waals surface area contributed by atoms with E-state index < -0.39 is 0 Å². The van der Waals surface area contributed by atoms with E-state index in [1.54, 1.807) is 6.07 Å². The second-order valence-corrected chi connectivity index (χ2v) is 4.09. The zero-order valence-electron chi connectivity index (χ0n) is 8.96. The Balaban J connectivity index is 2.42. The van der Waals surface area contributed by atoms with E-state index in [4.69, 9.17) is 5.26 Å². The van der Waals surface area contributed by atoms with Gasteiger partial charge in [0.15, 0.2) is 0 Å². The maximum atomic E-state index is 12.9. The molecule has 0 fully saturated rings. The number of amides is 1. The van der Waals surface area contributed by atoms with E-state index in [9.17, 15) is 9.18 Å². The van der Waals surface area contributed by atoms with Crippen molar-refractivity contribution in [1.29, 1.82) is 5.26 Å². The summed E-state index contributed by atoms with van der Waals surface area (Å²) in [7, 11) is 0. The lowest BCUT2D eigenvalue weighted by molar-refractivity contribution is -0.119. The molecule has 0 atom stereocenters. The van der Waals surface area contributed by atoms with Crippen LogP contribution in [0.25, 0.3) is 0 Å². The molecule has 0 aliphatic carbocycles. The predicted octanol–water partition coefficient (Wildman–Crippen LogP) is 2.03. The van der Waals surface area contributed by atoms with Crippen molar-refractivity contribution in [2.24, 2.45) is 0 Å². The molecule has 1 aromatic carbocycles. The fraction of sp³-hybridized carbons (Fsp3) is 0.273. The van der Waals surface area contributed by atoms with Crippen LogP contribution in [0, 0.1) is 17.1 Å². The van der Waals surface area contributed by atoms with Crippen LogP contribution in [0.4, 0.5) is 10.1 Å². The minimum atomic E-state index is -0.374. The highest BCUT2D eigenvalue weighted by Crippen LogP contribution is 2.22. The zero-order chi connectivity index (χ0) is 12.7. The number of nitriles is 1. The maximum absolute atomic E-state index is 12.9. The third-order valence-electron chi connectivity index (χ3n) is 1.93. The first-order chi connectivity index (χ1) is 8.13. The topological polar surface area (TPSA) is 64.9 Å². The van der Waals surface area contributed by atoms with E-state index in [0.717, 1.165) is 0 Å². The molecule has 0 aliphatic rings. The Kier molecular flexibility index (Phi) is 5.43. The van der Waals surface area contributed by atoms with Crippen molar-refractivity contribution >= 4 is 27.5 Å². The molecule has 1 rings (SSSR count). The van der Waals surface area contributed by atoms with Gasteiger partial charge >= 0.3 is 0 Å². The van der Waals surface area contributed by atoms with Crippen LogP contribution in [-0.4, -0.2) is 19.0 Å². The summed E-state index contributed by atoms with van der Waals surface area (Å²) in [5, 5.41) is 13.6. The molecule has 0 aromatic heterocycles. The van der Waals surface area contributed by atoms with E-state index in [1.807, 2.05) is 6.07 Å². The number of rotatable bonds is 5. The Morgan fingerprint density at radius 3 is 3.00 bits per heavy atom. The highest BCUT2D eigenvalue weighted by molar-refractivity contribution is 9.10. The Bertz CT molecular complexity index is 445. The summed E-state index contributed by atoms with van der Waals surface area (Å²) in [4.78, 5) is 11.3. The summed E-state index contributed by atoms with van der Waals surface area (Å²) in [6.07, 6.45) is 0.273. The van der Waals surface area contributed by atoms with Crippen LogP contribution in [0.3, 0.4) is 0 Å². The third kappa shape index (κ3) is 4.83. The van der Waals surface area contributed by atoms with Crippen molar-refractivity contribution in [3.8, 4) is 6.07 Å². The Hall–Kier alpha value is -1.61. The Labute approximate surface area is 107 Å². The van der Waals surface area contributed by atoms with Crippen molar-refractivity contribution in [1.82, 2.24) is 5.32 Å². The highest BCUT2D eigenvalue weighted by atomic mass is 79.9. The molecular weight excluding hydrogens is 289 g/mol. The molecule has 0 radical (unpaired) electrons. The van der Waals surface area contributed by atoms with Gasteiger partial charge < -0.3 is 10.6 Å². The first kappa shape index (κ1) is 13.5. The minimum Gasteiger partial charge on any atom is -0.375 e. The first-order valence-electron chi connectivity index (χ1n) is 4.96. The van der Waals surface area contributed by atoms with Gasteiger partial charge in [0.2, 0.25) is 5.91 Å². The van der Waals surface area contributed by atoms with Gasteiger partial charge in [-0.3, -0.25) is 4.79 Å². The molecule has 6 heteroatoms. The third-order valence-corrected chi connectivity index (χ3v) is 2.62. The first-order valence-corrected chi connectivity index (χ1v) is 5.75. The molecule has 1 amide bonds. The quantitative estimate of drug-likeness (QED) is 0.818. The van der Waals surface area contributed by atoms with Crippen LogP contribution >= 0.6 is 15.9 Å². The van der Waals surface area contributed by atoms with Crippen LogP contribution in [0.5, 0.6) is 0 Å². The molecule has 0 saturated heterocycles. The van der Waals surface area contributed by atoms with Gasteiger partial charge in [-0.15, -0.1) is 0 Å². The Morgan fingerprint density at radius 2 is 2.29 bits per heavy atom. The predicted molar refractivity (Wildman–Crippen MR) is 65.8 cm³/mol. The molecule has 4 nitrogen and oxygen atoms in total. The number of nitrogens with zero attached hydrogens (tertiary/aromatic N) is 1. The molecule has 0 spiro atoms. The smallest absolute Gasteiger partial charge is 0.239 e. The lowest BCUT2D eigenvalue weighted by Gasteiger charge is -2.08. The minimum absolute atomic E-state index is 0.0352. The number of hydrogen-bond acceptors (Lipinski definition) is 3. The average Bonchev–Trinajstić information content (AvgIpc) is 2.31. The molecule has 0 unspecified atom stereocenters. The SMILES string of the molecule is N#CCCNC(=O)CNc1cc(F)ccc1Br. The van der Waals surface area contributed by atoms with E-state index in [2.05, 4.69) is 26.6 Å². The highest BCUT2D eigenvalue weighted by Gasteiger charge is 2.04. The van der Waals surface area contributed by atoms with Crippen LogP contribution in [0.15, 0.2) is 22.7 Å². The van der Waals surface area contributed by atoms with Gasteiger partial charge in [0.25, 0.3) is 0 Å². The molecule has 1 aromatic rings. The molecule has 0 heterocycles. The standard InChI is InChI=1S/C11H11BrFN3O/c12-9-3-2-8(13)6-10(9)16-7-11(17)15-5-1-4-14/h2-3,6,16H,1,5,7H2,(H,15,17). The molecule has 17 heavy (non-hydrogen) atoms. The lowest BCUT2D eigenvalue weighted by atomic mass is 10.3. The van der Waals surface area contributed by atoms with Gasteiger partial charge in [-0.2, -0.15) is 5.26 Å². The van der Waals surface area contributed by atoms with Crippen molar-refractivity contribution in [2.75, 3.05) is 18.4 Å². The summed E-state index contributed by atoms with van der Waals surface area (Å²) >= 11 is 3.24. The molecule has 0 saturated carbocycles. The average molecular weight is 300 g/mol. The van der Waals surface area contributed by atoms with Gasteiger partial charge in [-0.1, -0.05) is 0 Å². The summed E-state index contributed by atoms with van der Waals surface area (Å²) in [5.41, 5.74) is 0.514. The van der Waals surface area contributed by atoms with Crippen LogP contribution in [-0.2, 0) is 4.79 Å². The monoisotopic (exact) mass is 299 g/mol. The summed E-state index contributed by atoms with van der Waals surface area (Å²) in [6.45, 7) is 0.356. The van der Waals surface area contributed by atoms with Crippen LogP contribution in [0.1, 0.15) is 6.42 Å². The summed E-state index contributed by atoms with van der Waals surface area (Å²) < 4.78 is 13.6. The van der Waals surface area contributed by atoms with E-state index >= 15 is 0 Å². The lowest BCUT2D eigenvalue weighted by Crippen LogP contribution is -2.30. The maximum Gasteiger partial charge on any atom is 0.239 e. The van der Waals surface area contributed by atoms with Crippen LogP contribution in [0.2, 0.25) is 0 Å². The number of halogens is 2. The number of nitrogens with one attached hydrogen (secondary N) is 2. The molecular formula is C11H11BrFN3O. The fourth-order valence-electron chi connectivity index (χ4n) is 1.13. The number of benzene rings is 1. The van der Waals surface area contributed by atoms with E-state index in [1.165, 1.54) is 12.1 Å². The van der Waals surface area contributed by atoms with E-state index in [-0.39, 0.29) is 24.7 Å². The van der Waals surface area contributed by atoms with Crippen LogP contribution < -0.4 is 10.6 Å². The van der Waals surface area contributed by atoms with Crippen molar-refractivity contribution in [3.05, 3.63) is 28.5 Å². The number of carbonyl (C=O) groups is 1. The Morgan fingerprint density at radius 1 is 1.53 bits per heavy atom. The van der Waals surface area contributed by atoms with Gasteiger partial charge in [0, 0.05) is 11.0 Å². The molecule has 0 aliphatic heterocycles. The number of carbonyl (C=O) groups excluding carboxylic acids is 1.